The third kappa shape index (κ3) is 4.43. The van der Waals surface area contributed by atoms with Crippen molar-refractivity contribution >= 4 is 17.7 Å². The Morgan fingerprint density at radius 2 is 1.81 bits per heavy atom. The number of carbonyl (C=O) groups is 2. The zero-order valence-corrected chi connectivity index (χ0v) is 15.6. The van der Waals surface area contributed by atoms with E-state index >= 15 is 0 Å². The van der Waals surface area contributed by atoms with E-state index in [0.29, 0.717) is 18.8 Å². The van der Waals surface area contributed by atoms with E-state index in [9.17, 15) is 9.59 Å². The Morgan fingerprint density at radius 1 is 1.11 bits per heavy atom. The van der Waals surface area contributed by atoms with Crippen LogP contribution in [0.25, 0.3) is 0 Å². The fourth-order valence-corrected chi connectivity index (χ4v) is 3.10. The van der Waals surface area contributed by atoms with Gasteiger partial charge in [-0.1, -0.05) is 18.2 Å². The van der Waals surface area contributed by atoms with Crippen molar-refractivity contribution in [3.05, 3.63) is 59.4 Å². The summed E-state index contributed by atoms with van der Waals surface area (Å²) in [6.45, 7) is 5.32. The number of pyridine rings is 1. The zero-order valence-electron chi connectivity index (χ0n) is 15.6. The van der Waals surface area contributed by atoms with E-state index in [1.807, 2.05) is 36.1 Å². The van der Waals surface area contributed by atoms with Gasteiger partial charge in [-0.05, 0) is 37.7 Å². The van der Waals surface area contributed by atoms with Crippen LogP contribution in [-0.4, -0.2) is 65.1 Å². The van der Waals surface area contributed by atoms with Crippen molar-refractivity contribution in [2.45, 2.75) is 13.5 Å². The molecule has 7 heteroatoms. The van der Waals surface area contributed by atoms with Gasteiger partial charge in [0.05, 0.1) is 17.8 Å². The Kier molecular flexibility index (Phi) is 5.71. The maximum Gasteiger partial charge on any atom is 0.337 e. The smallest absolute Gasteiger partial charge is 0.337 e. The van der Waals surface area contributed by atoms with E-state index in [-0.39, 0.29) is 18.1 Å². The summed E-state index contributed by atoms with van der Waals surface area (Å²) in [5.41, 5.74) is 2.62. The number of nitrogens with zero attached hydrogens (tertiary/aromatic N) is 4. The van der Waals surface area contributed by atoms with Gasteiger partial charge in [0.25, 0.3) is 0 Å². The highest BCUT2D eigenvalue weighted by molar-refractivity contribution is 5.93. The number of carbonyl (C=O) groups excluding carboxylic acids is 1. The van der Waals surface area contributed by atoms with E-state index in [0.717, 1.165) is 24.3 Å². The monoisotopic (exact) mass is 368 g/mol. The Balaban J connectivity index is 1.87. The summed E-state index contributed by atoms with van der Waals surface area (Å²) in [6, 6.07) is 10.9. The molecule has 2 heterocycles. The lowest BCUT2D eigenvalue weighted by Gasteiger charge is -2.36. The normalized spacial score (nSPS) is 14.8. The van der Waals surface area contributed by atoms with Crippen molar-refractivity contribution < 1.29 is 14.7 Å². The highest BCUT2D eigenvalue weighted by Gasteiger charge is 2.26. The summed E-state index contributed by atoms with van der Waals surface area (Å²) in [5.74, 6) is -1.02. The first-order valence-electron chi connectivity index (χ1n) is 8.94. The minimum Gasteiger partial charge on any atom is -0.478 e. The topological polar surface area (TPSA) is 77.0 Å². The van der Waals surface area contributed by atoms with Crippen molar-refractivity contribution in [2.24, 2.45) is 0 Å². The molecular weight excluding hydrogens is 344 g/mol. The van der Waals surface area contributed by atoms with Crippen LogP contribution in [0.15, 0.2) is 42.6 Å². The van der Waals surface area contributed by atoms with Crippen LogP contribution in [0.1, 0.15) is 21.6 Å². The minimum absolute atomic E-state index is 0.0542. The average Bonchev–Trinajstić information content (AvgIpc) is 2.67. The largest absolute Gasteiger partial charge is 0.478 e. The number of urea groups is 1. The van der Waals surface area contributed by atoms with Crippen LogP contribution in [-0.2, 0) is 6.54 Å². The molecule has 2 amide bonds. The molecule has 1 aliphatic rings. The molecule has 0 bridgehead atoms. The van der Waals surface area contributed by atoms with Gasteiger partial charge in [-0.15, -0.1) is 0 Å². The molecule has 142 valence electrons. The molecule has 2 aromatic rings. The molecule has 1 aliphatic heterocycles. The molecule has 7 nitrogen and oxygen atoms in total. The Bertz CT molecular complexity index is 814. The number of benzene rings is 1. The zero-order chi connectivity index (χ0) is 19.4. The molecule has 1 saturated heterocycles. The molecular formula is C20H24N4O3. The molecule has 3 rings (SSSR count). The maximum absolute atomic E-state index is 13.2. The first-order chi connectivity index (χ1) is 13.0. The van der Waals surface area contributed by atoms with Crippen molar-refractivity contribution in [1.82, 2.24) is 14.8 Å². The number of aromatic nitrogens is 1. The second-order valence-electron chi connectivity index (χ2n) is 6.79. The second-order valence-corrected chi connectivity index (χ2v) is 6.79. The quantitative estimate of drug-likeness (QED) is 0.897. The molecule has 1 N–H and O–H groups in total. The van der Waals surface area contributed by atoms with Gasteiger partial charge >= 0.3 is 12.0 Å². The Labute approximate surface area is 158 Å². The molecule has 0 radical (unpaired) electrons. The molecule has 0 saturated carbocycles. The summed E-state index contributed by atoms with van der Waals surface area (Å²) in [7, 11) is 2.05. The molecule has 0 atom stereocenters. The Hall–Kier alpha value is -2.93. The number of amides is 2. The molecule has 1 fully saturated rings. The molecule has 27 heavy (non-hydrogen) atoms. The molecule has 1 aromatic heterocycles. The van der Waals surface area contributed by atoms with Crippen molar-refractivity contribution in [2.75, 3.05) is 38.1 Å². The third-order valence-electron chi connectivity index (χ3n) is 4.80. The predicted octanol–water partition coefficient (Wildman–Crippen LogP) is 2.46. The van der Waals surface area contributed by atoms with Crippen LogP contribution < -0.4 is 4.90 Å². The number of hydrogen-bond donors (Lipinski definition) is 1. The summed E-state index contributed by atoms with van der Waals surface area (Å²) < 4.78 is 0. The third-order valence-corrected chi connectivity index (χ3v) is 4.80. The lowest BCUT2D eigenvalue weighted by molar-refractivity contribution is 0.0696. The van der Waals surface area contributed by atoms with Gasteiger partial charge in [0, 0.05) is 38.1 Å². The van der Waals surface area contributed by atoms with Crippen LogP contribution >= 0.6 is 0 Å². The first-order valence-corrected chi connectivity index (χ1v) is 8.94. The van der Waals surface area contributed by atoms with Crippen molar-refractivity contribution in [3.8, 4) is 0 Å². The SMILES string of the molecule is Cc1ccccc1N(Cc1ccc(C(=O)O)cn1)C(=O)N1CCN(C)CC1. The van der Waals surface area contributed by atoms with Crippen LogP contribution in [0.5, 0.6) is 0 Å². The lowest BCUT2D eigenvalue weighted by Crippen LogP contribution is -2.52. The molecule has 0 aliphatic carbocycles. The highest BCUT2D eigenvalue weighted by Crippen LogP contribution is 2.23. The van der Waals surface area contributed by atoms with Gasteiger partial charge < -0.3 is 14.9 Å². The highest BCUT2D eigenvalue weighted by atomic mass is 16.4. The van der Waals surface area contributed by atoms with Gasteiger partial charge in [-0.3, -0.25) is 9.88 Å². The predicted molar refractivity (Wildman–Crippen MR) is 103 cm³/mol. The summed E-state index contributed by atoms with van der Waals surface area (Å²) >= 11 is 0. The molecule has 0 spiro atoms. The van der Waals surface area contributed by atoms with E-state index < -0.39 is 5.97 Å². The molecule has 1 aromatic carbocycles. The number of para-hydroxylation sites is 1. The number of hydrogen-bond acceptors (Lipinski definition) is 4. The van der Waals surface area contributed by atoms with Gasteiger partial charge in [0.15, 0.2) is 0 Å². The number of aryl methyl sites for hydroxylation is 1. The summed E-state index contributed by atoms with van der Waals surface area (Å²) in [5, 5.41) is 9.04. The van der Waals surface area contributed by atoms with E-state index in [1.54, 1.807) is 11.0 Å². The van der Waals surface area contributed by atoms with Crippen LogP contribution in [0, 0.1) is 6.92 Å². The summed E-state index contributed by atoms with van der Waals surface area (Å²) in [6.07, 6.45) is 1.33. The van der Waals surface area contributed by atoms with Gasteiger partial charge in [0.2, 0.25) is 0 Å². The van der Waals surface area contributed by atoms with Crippen molar-refractivity contribution in [3.63, 3.8) is 0 Å². The number of carboxylic acids is 1. The van der Waals surface area contributed by atoms with Crippen LogP contribution in [0.2, 0.25) is 0 Å². The second kappa shape index (κ2) is 8.18. The summed E-state index contributed by atoms with van der Waals surface area (Å²) in [4.78, 5) is 34.3. The number of aromatic carboxylic acids is 1. The van der Waals surface area contributed by atoms with E-state index in [2.05, 4.69) is 16.9 Å². The number of carboxylic acid groups (broad SMARTS) is 1. The Morgan fingerprint density at radius 3 is 2.41 bits per heavy atom. The molecule has 0 unspecified atom stereocenters. The lowest BCUT2D eigenvalue weighted by atomic mass is 10.1. The number of piperazine rings is 1. The average molecular weight is 368 g/mol. The maximum atomic E-state index is 13.2. The van der Waals surface area contributed by atoms with Crippen LogP contribution in [0.3, 0.4) is 0 Å². The number of anilines is 1. The first kappa shape index (κ1) is 18.8. The minimum atomic E-state index is -1.02. The number of rotatable bonds is 4. The standard InChI is InChI=1S/C20H24N4O3/c1-15-5-3-4-6-18(15)24(20(27)23-11-9-22(2)10-12-23)14-17-8-7-16(13-21-17)19(25)26/h3-8,13H,9-12,14H2,1-2H3,(H,25,26). The van der Waals surface area contributed by atoms with E-state index in [1.165, 1.54) is 12.3 Å². The van der Waals surface area contributed by atoms with Gasteiger partial charge in [-0.25, -0.2) is 9.59 Å². The van der Waals surface area contributed by atoms with Crippen molar-refractivity contribution in [1.29, 1.82) is 0 Å². The fraction of sp³-hybridized carbons (Fsp3) is 0.350. The van der Waals surface area contributed by atoms with Crippen LogP contribution in [0.4, 0.5) is 10.5 Å². The van der Waals surface area contributed by atoms with Gasteiger partial charge in [0.1, 0.15) is 0 Å². The van der Waals surface area contributed by atoms with E-state index in [4.69, 9.17) is 5.11 Å². The number of likely N-dealkylation sites (N-methyl/N-ethyl adjacent to an activating group) is 1. The van der Waals surface area contributed by atoms with Gasteiger partial charge in [-0.2, -0.15) is 0 Å². The fourth-order valence-electron chi connectivity index (χ4n) is 3.10.